The Morgan fingerprint density at radius 1 is 0.474 bits per heavy atom. The number of nitrogens with zero attached hydrogens (tertiary/aromatic N) is 2. The quantitative estimate of drug-likeness (QED) is 0.279. The Kier molecular flexibility index (Phi) is 9.84. The average Bonchev–Trinajstić information content (AvgIpc) is 2.91. The van der Waals surface area contributed by atoms with Crippen molar-refractivity contribution in [3.8, 4) is 28.4 Å². The maximum absolute atomic E-state index is 11.3. The third-order valence-electron chi connectivity index (χ3n) is 5.59. The van der Waals surface area contributed by atoms with Gasteiger partial charge in [-0.05, 0) is 47.9 Å². The number of aryl methyl sites for hydroxylation is 2. The molecule has 0 saturated carbocycles. The fraction of sp³-hybridized carbons (Fsp3) is 0.0625. The molecule has 2 heterocycles. The smallest absolute Gasteiger partial charge is 0.872 e. The molecule has 0 fully saturated rings. The predicted molar refractivity (Wildman–Crippen MR) is 149 cm³/mol. The first-order valence-electron chi connectivity index (χ1n) is 11.8. The largest absolute Gasteiger partial charge is 3.00 e. The van der Waals surface area contributed by atoms with Crippen molar-refractivity contribution in [1.29, 1.82) is 0 Å². The summed E-state index contributed by atoms with van der Waals surface area (Å²) in [7, 11) is 0. The van der Waals surface area contributed by atoms with E-state index in [9.17, 15) is 15.3 Å². The summed E-state index contributed by atoms with van der Waals surface area (Å²) in [4.78, 5) is 8.33. The van der Waals surface area contributed by atoms with Gasteiger partial charge in [0.1, 0.15) is 0 Å². The van der Waals surface area contributed by atoms with E-state index in [2.05, 4.69) is 9.97 Å². The minimum absolute atomic E-state index is 0. The SMILES string of the molecule is Cc1ccc2cccc([O-])c2n1.Cc1ccc2cccc([O-])c2n1.[Al+3].[O-]c1cccc(-c2ccccc2)c1. The van der Waals surface area contributed by atoms with E-state index in [0.717, 1.165) is 33.3 Å². The van der Waals surface area contributed by atoms with Crippen molar-refractivity contribution in [2.24, 2.45) is 0 Å². The first-order chi connectivity index (χ1) is 17.9. The number of para-hydroxylation sites is 2. The number of fused-ring (bicyclic) bond motifs is 2. The van der Waals surface area contributed by atoms with Crippen LogP contribution in [0.4, 0.5) is 0 Å². The van der Waals surface area contributed by atoms with Gasteiger partial charge in [-0.25, -0.2) is 0 Å². The summed E-state index contributed by atoms with van der Waals surface area (Å²) in [6.07, 6.45) is 0. The van der Waals surface area contributed by atoms with Crippen LogP contribution in [0.3, 0.4) is 0 Å². The van der Waals surface area contributed by atoms with Crippen molar-refractivity contribution < 1.29 is 15.3 Å². The van der Waals surface area contributed by atoms with Gasteiger partial charge >= 0.3 is 17.4 Å². The van der Waals surface area contributed by atoms with Gasteiger partial charge in [0.05, 0.1) is 11.0 Å². The molecule has 0 N–H and O–H groups in total. The molecule has 0 aliphatic rings. The molecule has 0 aliphatic carbocycles. The standard InChI is InChI=1S/C12H10O.2C10H9NO.Al/c13-12-8-4-7-11(9-12)10-5-2-1-3-6-10;2*1-7-5-6-8-3-2-4-9(12)10(8)11-7;/h1-9,13H;2*2-6,12H,1H3;/q;;;+3/p-3. The van der Waals surface area contributed by atoms with E-state index in [1.165, 1.54) is 12.1 Å². The summed E-state index contributed by atoms with van der Waals surface area (Å²) in [5.41, 5.74) is 4.96. The Morgan fingerprint density at radius 2 is 0.947 bits per heavy atom. The predicted octanol–water partition coefficient (Wildman–Crippen LogP) is 5.28. The van der Waals surface area contributed by atoms with Crippen LogP contribution in [0.15, 0.2) is 115 Å². The van der Waals surface area contributed by atoms with Crippen LogP contribution < -0.4 is 15.3 Å². The molecule has 38 heavy (non-hydrogen) atoms. The van der Waals surface area contributed by atoms with E-state index < -0.39 is 0 Å². The van der Waals surface area contributed by atoms with Crippen LogP contribution in [0, 0.1) is 13.8 Å². The molecule has 5 nitrogen and oxygen atoms in total. The first-order valence-corrected chi connectivity index (χ1v) is 11.8. The number of benzene rings is 4. The molecule has 0 bridgehead atoms. The van der Waals surface area contributed by atoms with Crippen LogP contribution in [0.2, 0.25) is 0 Å². The summed E-state index contributed by atoms with van der Waals surface area (Å²) >= 11 is 0. The van der Waals surface area contributed by atoms with Gasteiger partial charge in [0, 0.05) is 11.4 Å². The summed E-state index contributed by atoms with van der Waals surface area (Å²) in [5, 5.41) is 35.4. The molecular weight excluding hydrogens is 487 g/mol. The molecule has 2 aromatic heterocycles. The molecule has 0 radical (unpaired) electrons. The Bertz CT molecular complexity index is 1560. The Balaban J connectivity index is 0.000000156. The van der Waals surface area contributed by atoms with E-state index in [1.807, 2.05) is 86.6 Å². The van der Waals surface area contributed by atoms with Gasteiger partial charge in [-0.15, -0.1) is 5.75 Å². The van der Waals surface area contributed by atoms with E-state index in [-0.39, 0.29) is 34.6 Å². The maximum Gasteiger partial charge on any atom is 3.00 e. The van der Waals surface area contributed by atoms with Crippen molar-refractivity contribution in [2.45, 2.75) is 13.8 Å². The van der Waals surface area contributed by atoms with Crippen molar-refractivity contribution in [3.63, 3.8) is 0 Å². The molecule has 0 spiro atoms. The third kappa shape index (κ3) is 7.33. The number of hydrogen-bond acceptors (Lipinski definition) is 5. The molecule has 6 aromatic rings. The molecule has 4 aromatic carbocycles. The van der Waals surface area contributed by atoms with E-state index in [0.29, 0.717) is 11.0 Å². The summed E-state index contributed by atoms with van der Waals surface area (Å²) in [5.74, 6) is 0.0498. The van der Waals surface area contributed by atoms with Gasteiger partial charge in [-0.2, -0.15) is 0 Å². The number of hydrogen-bond donors (Lipinski definition) is 0. The van der Waals surface area contributed by atoms with Gasteiger partial charge in [0.25, 0.3) is 0 Å². The zero-order valence-corrected chi connectivity index (χ0v) is 22.3. The fourth-order valence-electron chi connectivity index (χ4n) is 3.74. The van der Waals surface area contributed by atoms with Crippen LogP contribution in [-0.2, 0) is 0 Å². The summed E-state index contributed by atoms with van der Waals surface area (Å²) in [6.45, 7) is 3.76. The second-order valence-corrected chi connectivity index (χ2v) is 8.45. The molecule has 0 amide bonds. The van der Waals surface area contributed by atoms with Gasteiger partial charge in [0.15, 0.2) is 0 Å². The second kappa shape index (κ2) is 13.3. The maximum atomic E-state index is 11.3. The van der Waals surface area contributed by atoms with Crippen LogP contribution in [0.5, 0.6) is 17.2 Å². The summed E-state index contributed by atoms with van der Waals surface area (Å²) in [6, 6.07) is 34.8. The molecule has 0 saturated heterocycles. The fourth-order valence-corrected chi connectivity index (χ4v) is 3.74. The Morgan fingerprint density at radius 3 is 1.45 bits per heavy atom. The average molecular weight is 513 g/mol. The van der Waals surface area contributed by atoms with Crippen LogP contribution in [0.25, 0.3) is 32.9 Å². The molecule has 6 rings (SSSR count). The van der Waals surface area contributed by atoms with Crippen LogP contribution in [0.1, 0.15) is 11.4 Å². The minimum Gasteiger partial charge on any atom is -0.872 e. The second-order valence-electron chi connectivity index (χ2n) is 8.45. The molecule has 0 unspecified atom stereocenters. The number of pyridine rings is 2. The molecule has 0 aliphatic heterocycles. The molecular formula is C32H25AlN2O3. The van der Waals surface area contributed by atoms with Crippen LogP contribution in [-0.4, -0.2) is 27.3 Å². The summed E-state index contributed by atoms with van der Waals surface area (Å²) < 4.78 is 0. The number of rotatable bonds is 1. The van der Waals surface area contributed by atoms with Crippen molar-refractivity contribution in [1.82, 2.24) is 9.97 Å². The van der Waals surface area contributed by atoms with Gasteiger partial charge in [-0.1, -0.05) is 115 Å². The van der Waals surface area contributed by atoms with Crippen molar-refractivity contribution in [2.75, 3.05) is 0 Å². The normalized spacial score (nSPS) is 9.95. The van der Waals surface area contributed by atoms with Gasteiger partial charge < -0.3 is 15.3 Å². The zero-order valence-electron chi connectivity index (χ0n) is 21.2. The third-order valence-corrected chi connectivity index (χ3v) is 5.59. The molecule has 0 atom stereocenters. The minimum atomic E-state index is -0.00352. The first kappa shape index (κ1) is 28.2. The van der Waals surface area contributed by atoms with Crippen molar-refractivity contribution in [3.05, 3.63) is 127 Å². The number of aromatic nitrogens is 2. The molecule has 6 heteroatoms. The topological polar surface area (TPSA) is 95.0 Å². The Labute approximate surface area is 232 Å². The van der Waals surface area contributed by atoms with Gasteiger partial charge in [-0.3, -0.25) is 9.97 Å². The molecule has 184 valence electrons. The van der Waals surface area contributed by atoms with E-state index in [4.69, 9.17) is 0 Å². The van der Waals surface area contributed by atoms with E-state index in [1.54, 1.807) is 30.3 Å². The zero-order chi connectivity index (χ0) is 26.2. The van der Waals surface area contributed by atoms with Crippen LogP contribution >= 0.6 is 0 Å². The van der Waals surface area contributed by atoms with E-state index >= 15 is 0 Å². The Hall–Kier alpha value is -4.37. The van der Waals surface area contributed by atoms with Crippen molar-refractivity contribution >= 4 is 39.2 Å². The monoisotopic (exact) mass is 512 g/mol. The van der Waals surface area contributed by atoms with Gasteiger partial charge in [0.2, 0.25) is 0 Å².